The Bertz CT molecular complexity index is 848. The van der Waals surface area contributed by atoms with Gasteiger partial charge in [-0.3, -0.25) is 9.59 Å². The molecular formula is C25H36N2O5. The van der Waals surface area contributed by atoms with Crippen molar-refractivity contribution in [1.29, 1.82) is 0 Å². The third kappa shape index (κ3) is 7.04. The number of nitrogens with one attached hydrogen (secondary N) is 1. The number of hydrogen-bond donors (Lipinski definition) is 1. The Balaban J connectivity index is 2.36. The van der Waals surface area contributed by atoms with Gasteiger partial charge in [0.2, 0.25) is 5.91 Å². The molecule has 1 N–H and O–H groups in total. The van der Waals surface area contributed by atoms with Crippen LogP contribution in [0.2, 0.25) is 0 Å². The van der Waals surface area contributed by atoms with Crippen LogP contribution in [-0.2, 0) is 11.3 Å². The van der Waals surface area contributed by atoms with Crippen molar-refractivity contribution in [3.8, 4) is 11.5 Å². The van der Waals surface area contributed by atoms with E-state index in [1.807, 2.05) is 6.07 Å². The van der Waals surface area contributed by atoms with E-state index >= 15 is 0 Å². The molecule has 0 saturated carbocycles. The first-order valence-corrected chi connectivity index (χ1v) is 11.2. The first kappa shape index (κ1) is 25.3. The fourth-order valence-corrected chi connectivity index (χ4v) is 3.46. The summed E-state index contributed by atoms with van der Waals surface area (Å²) >= 11 is 0. The summed E-state index contributed by atoms with van der Waals surface area (Å²) in [6.07, 6.45) is 4.78. The molecule has 2 amide bonds. The minimum Gasteiger partial charge on any atom is -0.493 e. The molecule has 0 aliphatic carbocycles. The van der Waals surface area contributed by atoms with Crippen LogP contribution in [0, 0.1) is 5.92 Å². The smallest absolute Gasteiger partial charge is 0.255 e. The summed E-state index contributed by atoms with van der Waals surface area (Å²) in [6, 6.07) is 8.00. The van der Waals surface area contributed by atoms with Crippen LogP contribution in [0.5, 0.6) is 11.5 Å². The number of methoxy groups -OCH3 is 2. The predicted molar refractivity (Wildman–Crippen MR) is 124 cm³/mol. The Hall–Kier alpha value is -2.96. The molecule has 32 heavy (non-hydrogen) atoms. The topological polar surface area (TPSA) is 81.0 Å². The number of unbranched alkanes of at least 4 members (excludes halogenated alkanes) is 1. The van der Waals surface area contributed by atoms with Crippen LogP contribution in [0.4, 0.5) is 0 Å². The van der Waals surface area contributed by atoms with Gasteiger partial charge in [-0.1, -0.05) is 33.6 Å². The molecule has 176 valence electrons. The summed E-state index contributed by atoms with van der Waals surface area (Å²) in [5.41, 5.74) is 0.422. The van der Waals surface area contributed by atoms with Gasteiger partial charge in [0.15, 0.2) is 11.5 Å². The van der Waals surface area contributed by atoms with Gasteiger partial charge >= 0.3 is 0 Å². The lowest BCUT2D eigenvalue weighted by atomic mass is 10.0. The molecule has 0 aliphatic heterocycles. The number of carbonyl (C=O) groups excluding carboxylic acids is 2. The second-order valence-corrected chi connectivity index (χ2v) is 8.21. The molecule has 0 spiro atoms. The molecule has 1 aromatic heterocycles. The highest BCUT2D eigenvalue weighted by molar-refractivity contribution is 5.98. The van der Waals surface area contributed by atoms with Crippen molar-refractivity contribution >= 4 is 11.8 Å². The van der Waals surface area contributed by atoms with Crippen molar-refractivity contribution in [2.45, 2.75) is 59.0 Å². The zero-order valence-corrected chi connectivity index (χ0v) is 19.8. The lowest BCUT2D eigenvalue weighted by Crippen LogP contribution is -2.49. The van der Waals surface area contributed by atoms with E-state index in [1.54, 1.807) is 42.5 Å². The van der Waals surface area contributed by atoms with Gasteiger partial charge in [-0.25, -0.2) is 0 Å². The second kappa shape index (κ2) is 12.8. The van der Waals surface area contributed by atoms with E-state index in [9.17, 15) is 9.59 Å². The molecule has 2 rings (SSSR count). The van der Waals surface area contributed by atoms with E-state index < -0.39 is 6.04 Å². The Morgan fingerprint density at radius 3 is 2.44 bits per heavy atom. The number of furan rings is 1. The van der Waals surface area contributed by atoms with Crippen LogP contribution in [0.25, 0.3) is 0 Å². The first-order chi connectivity index (χ1) is 15.4. The second-order valence-electron chi connectivity index (χ2n) is 8.21. The molecule has 1 aromatic carbocycles. The van der Waals surface area contributed by atoms with E-state index in [2.05, 4.69) is 26.1 Å². The zero-order chi connectivity index (χ0) is 23.5. The van der Waals surface area contributed by atoms with Crippen LogP contribution < -0.4 is 14.8 Å². The van der Waals surface area contributed by atoms with Gasteiger partial charge in [0.25, 0.3) is 5.91 Å². The molecular weight excluding hydrogens is 408 g/mol. The van der Waals surface area contributed by atoms with Crippen molar-refractivity contribution in [1.82, 2.24) is 10.2 Å². The third-order valence-corrected chi connectivity index (χ3v) is 5.33. The van der Waals surface area contributed by atoms with Gasteiger partial charge in [-0.2, -0.15) is 0 Å². The summed E-state index contributed by atoms with van der Waals surface area (Å²) in [5, 5.41) is 3.02. The van der Waals surface area contributed by atoms with Crippen LogP contribution in [0.15, 0.2) is 41.0 Å². The average molecular weight is 445 g/mol. The molecule has 0 fully saturated rings. The van der Waals surface area contributed by atoms with E-state index in [4.69, 9.17) is 13.9 Å². The van der Waals surface area contributed by atoms with Gasteiger partial charge < -0.3 is 24.1 Å². The largest absolute Gasteiger partial charge is 0.493 e. The predicted octanol–water partition coefficient (Wildman–Crippen LogP) is 4.66. The number of amides is 2. The number of carbonyl (C=O) groups is 2. The molecule has 0 radical (unpaired) electrons. The van der Waals surface area contributed by atoms with Crippen LogP contribution in [-0.4, -0.2) is 43.5 Å². The number of hydrogen-bond acceptors (Lipinski definition) is 5. The molecule has 1 unspecified atom stereocenters. The summed E-state index contributed by atoms with van der Waals surface area (Å²) < 4.78 is 16.2. The fourth-order valence-electron chi connectivity index (χ4n) is 3.46. The van der Waals surface area contributed by atoms with Gasteiger partial charge in [0.1, 0.15) is 11.8 Å². The average Bonchev–Trinajstić information content (AvgIpc) is 3.30. The Morgan fingerprint density at radius 1 is 1.09 bits per heavy atom. The fraction of sp³-hybridized carbons (Fsp3) is 0.520. The van der Waals surface area contributed by atoms with E-state index in [-0.39, 0.29) is 18.4 Å². The summed E-state index contributed by atoms with van der Waals surface area (Å²) in [7, 11) is 3.07. The number of nitrogens with zero attached hydrogens (tertiary/aromatic N) is 1. The maximum absolute atomic E-state index is 13.6. The lowest BCUT2D eigenvalue weighted by molar-refractivity contribution is -0.126. The molecule has 0 aliphatic rings. The van der Waals surface area contributed by atoms with Crippen molar-refractivity contribution in [3.05, 3.63) is 47.9 Å². The van der Waals surface area contributed by atoms with Crippen LogP contribution >= 0.6 is 0 Å². The SMILES string of the molecule is CCCCC(C(=O)NCCC(C)C)N(Cc1ccco1)C(=O)c1ccc(OC)c(OC)c1. The van der Waals surface area contributed by atoms with Crippen molar-refractivity contribution in [3.63, 3.8) is 0 Å². The number of benzene rings is 1. The standard InChI is InChI=1S/C25H36N2O5/c1-6-7-10-21(24(28)26-14-13-18(2)3)27(17-20-9-8-15-32-20)25(29)19-11-12-22(30-4)23(16-19)31-5/h8-9,11-12,15-16,18,21H,6-7,10,13-14,17H2,1-5H3,(H,26,28). The highest BCUT2D eigenvalue weighted by Gasteiger charge is 2.31. The normalized spacial score (nSPS) is 11.8. The van der Waals surface area contributed by atoms with Crippen LogP contribution in [0.3, 0.4) is 0 Å². The van der Waals surface area contributed by atoms with Gasteiger partial charge in [0.05, 0.1) is 27.0 Å². The van der Waals surface area contributed by atoms with E-state index in [0.29, 0.717) is 41.7 Å². The zero-order valence-electron chi connectivity index (χ0n) is 19.8. The quantitative estimate of drug-likeness (QED) is 0.486. The third-order valence-electron chi connectivity index (χ3n) is 5.33. The summed E-state index contributed by atoms with van der Waals surface area (Å²) in [4.78, 5) is 28.4. The molecule has 0 bridgehead atoms. The Morgan fingerprint density at radius 2 is 1.84 bits per heavy atom. The molecule has 0 saturated heterocycles. The Kier molecular flexibility index (Phi) is 10.1. The minimum absolute atomic E-state index is 0.139. The number of ether oxygens (including phenoxy) is 2. The molecule has 7 heteroatoms. The number of rotatable bonds is 13. The van der Waals surface area contributed by atoms with Crippen molar-refractivity contribution < 1.29 is 23.5 Å². The van der Waals surface area contributed by atoms with Gasteiger partial charge in [-0.15, -0.1) is 0 Å². The highest BCUT2D eigenvalue weighted by atomic mass is 16.5. The lowest BCUT2D eigenvalue weighted by Gasteiger charge is -2.31. The highest BCUT2D eigenvalue weighted by Crippen LogP contribution is 2.29. The molecule has 1 atom stereocenters. The van der Waals surface area contributed by atoms with Crippen molar-refractivity contribution in [2.75, 3.05) is 20.8 Å². The molecule has 1 heterocycles. The maximum atomic E-state index is 13.6. The minimum atomic E-state index is -0.604. The van der Waals surface area contributed by atoms with E-state index in [1.165, 1.54) is 7.11 Å². The van der Waals surface area contributed by atoms with Crippen molar-refractivity contribution in [2.24, 2.45) is 5.92 Å². The van der Waals surface area contributed by atoms with Gasteiger partial charge in [-0.05, 0) is 49.1 Å². The van der Waals surface area contributed by atoms with Crippen LogP contribution in [0.1, 0.15) is 62.6 Å². The van der Waals surface area contributed by atoms with E-state index in [0.717, 1.165) is 19.3 Å². The molecule has 7 nitrogen and oxygen atoms in total. The molecule has 2 aromatic rings. The monoisotopic (exact) mass is 444 g/mol. The summed E-state index contributed by atoms with van der Waals surface area (Å²) in [6.45, 7) is 7.08. The van der Waals surface area contributed by atoms with Gasteiger partial charge in [0, 0.05) is 12.1 Å². The first-order valence-electron chi connectivity index (χ1n) is 11.2. The summed E-state index contributed by atoms with van der Waals surface area (Å²) in [5.74, 6) is 1.70. The maximum Gasteiger partial charge on any atom is 0.255 e. The Labute approximate surface area is 191 Å².